The zero-order valence-electron chi connectivity index (χ0n) is 15.2. The summed E-state index contributed by atoms with van der Waals surface area (Å²) in [5.41, 5.74) is 0. The molecular weight excluding hydrogens is 394 g/mol. The highest BCUT2D eigenvalue weighted by Crippen LogP contribution is 2.16. The molecule has 0 saturated carbocycles. The third-order valence-electron chi connectivity index (χ3n) is 3.19. The van der Waals surface area contributed by atoms with Gasteiger partial charge in [-0.1, -0.05) is 0 Å². The predicted octanol–water partition coefficient (Wildman–Crippen LogP) is 1.17. The van der Waals surface area contributed by atoms with Crippen LogP contribution in [0.5, 0.6) is 0 Å². The molecule has 1 fully saturated rings. The number of nitrogens with one attached hydrogen (secondary N) is 2. The predicted molar refractivity (Wildman–Crippen MR) is 110 cm³/mol. The highest BCUT2D eigenvalue weighted by atomic mass is 32.2. The van der Waals surface area contributed by atoms with Crippen molar-refractivity contribution in [1.29, 1.82) is 0 Å². The SMILES string of the molecule is CSCCN=C1NS(=O)(=O)NC1=NCCSCc1ccc(CN(C)C)o1. The van der Waals surface area contributed by atoms with Crippen LogP contribution in [0.2, 0.25) is 0 Å². The van der Waals surface area contributed by atoms with Gasteiger partial charge in [0.05, 0.1) is 25.4 Å². The van der Waals surface area contributed by atoms with Gasteiger partial charge in [0.25, 0.3) is 0 Å². The molecule has 0 bridgehead atoms. The molecule has 146 valence electrons. The van der Waals surface area contributed by atoms with Crippen molar-refractivity contribution in [2.45, 2.75) is 12.3 Å². The monoisotopic (exact) mass is 419 g/mol. The smallest absolute Gasteiger partial charge is 0.324 e. The number of hydrogen-bond acceptors (Lipinski definition) is 8. The molecule has 0 aliphatic carbocycles. The van der Waals surface area contributed by atoms with Gasteiger partial charge in [-0.15, -0.1) is 0 Å². The molecule has 0 amide bonds. The van der Waals surface area contributed by atoms with E-state index >= 15 is 0 Å². The van der Waals surface area contributed by atoms with Crippen LogP contribution in [0, 0.1) is 0 Å². The minimum atomic E-state index is -3.57. The second kappa shape index (κ2) is 10.2. The Balaban J connectivity index is 1.79. The molecule has 1 saturated heterocycles. The molecule has 1 aliphatic rings. The van der Waals surface area contributed by atoms with Crippen LogP contribution in [0.3, 0.4) is 0 Å². The highest BCUT2D eigenvalue weighted by Gasteiger charge is 2.27. The van der Waals surface area contributed by atoms with Crippen molar-refractivity contribution >= 4 is 45.4 Å². The second-order valence-electron chi connectivity index (χ2n) is 5.82. The van der Waals surface area contributed by atoms with Gasteiger partial charge in [-0.3, -0.25) is 9.98 Å². The summed E-state index contributed by atoms with van der Waals surface area (Å²) in [6.45, 7) is 1.82. The minimum Gasteiger partial charge on any atom is -0.464 e. The summed E-state index contributed by atoms with van der Waals surface area (Å²) >= 11 is 3.34. The molecule has 2 N–H and O–H groups in total. The van der Waals surface area contributed by atoms with E-state index in [2.05, 4.69) is 24.3 Å². The number of hydrogen-bond donors (Lipinski definition) is 2. The van der Waals surface area contributed by atoms with Gasteiger partial charge in [-0.2, -0.15) is 31.9 Å². The van der Waals surface area contributed by atoms with Crippen molar-refractivity contribution in [3.05, 3.63) is 23.7 Å². The van der Waals surface area contributed by atoms with Crippen LogP contribution in [-0.2, 0) is 22.5 Å². The van der Waals surface area contributed by atoms with Gasteiger partial charge in [-0.25, -0.2) is 9.44 Å². The zero-order valence-corrected chi connectivity index (χ0v) is 17.6. The maximum Gasteiger partial charge on any atom is 0.324 e. The molecule has 1 aromatic rings. The first kappa shape index (κ1) is 21.1. The molecule has 11 heteroatoms. The summed E-state index contributed by atoms with van der Waals surface area (Å²) in [7, 11) is 0.433. The molecule has 0 aromatic carbocycles. The Morgan fingerprint density at radius 2 is 1.69 bits per heavy atom. The van der Waals surface area contributed by atoms with E-state index in [1.807, 2.05) is 32.5 Å². The quantitative estimate of drug-likeness (QED) is 0.553. The average molecular weight is 420 g/mol. The van der Waals surface area contributed by atoms with Crippen molar-refractivity contribution in [2.75, 3.05) is 44.9 Å². The zero-order chi connectivity index (χ0) is 19.0. The molecule has 0 atom stereocenters. The van der Waals surface area contributed by atoms with Gasteiger partial charge in [0.1, 0.15) is 11.5 Å². The highest BCUT2D eigenvalue weighted by molar-refractivity contribution is 7.98. The molecule has 26 heavy (non-hydrogen) atoms. The van der Waals surface area contributed by atoms with E-state index in [-0.39, 0.29) is 5.84 Å². The molecule has 1 aliphatic heterocycles. The summed E-state index contributed by atoms with van der Waals surface area (Å²) in [5.74, 6) is 4.81. The summed E-state index contributed by atoms with van der Waals surface area (Å²) in [6, 6.07) is 3.98. The topological polar surface area (TPSA) is 99.3 Å². The molecule has 1 aromatic heterocycles. The van der Waals surface area contributed by atoms with Crippen molar-refractivity contribution in [2.24, 2.45) is 9.98 Å². The van der Waals surface area contributed by atoms with Gasteiger partial charge >= 0.3 is 10.2 Å². The van der Waals surface area contributed by atoms with Gasteiger partial charge in [-0.05, 0) is 32.5 Å². The van der Waals surface area contributed by atoms with E-state index < -0.39 is 10.2 Å². The first-order valence-electron chi connectivity index (χ1n) is 8.08. The number of thioether (sulfide) groups is 2. The van der Waals surface area contributed by atoms with E-state index in [1.165, 1.54) is 0 Å². The van der Waals surface area contributed by atoms with Crippen LogP contribution >= 0.6 is 23.5 Å². The van der Waals surface area contributed by atoms with Crippen molar-refractivity contribution in [3.8, 4) is 0 Å². The fraction of sp³-hybridized carbons (Fsp3) is 0.600. The first-order valence-corrected chi connectivity index (χ1v) is 12.1. The lowest BCUT2D eigenvalue weighted by molar-refractivity contribution is 0.344. The van der Waals surface area contributed by atoms with Crippen molar-refractivity contribution in [1.82, 2.24) is 14.3 Å². The average Bonchev–Trinajstić information content (AvgIpc) is 3.10. The fourth-order valence-electron chi connectivity index (χ4n) is 2.13. The van der Waals surface area contributed by atoms with Gasteiger partial charge in [0, 0.05) is 11.5 Å². The minimum absolute atomic E-state index is 0.290. The normalized spacial score (nSPS) is 19.2. The maximum absolute atomic E-state index is 11.6. The van der Waals surface area contributed by atoms with E-state index in [0.717, 1.165) is 35.3 Å². The summed E-state index contributed by atoms with van der Waals surface area (Å²) in [4.78, 5) is 10.6. The van der Waals surface area contributed by atoms with E-state index in [1.54, 1.807) is 23.5 Å². The lowest BCUT2D eigenvalue weighted by Crippen LogP contribution is -2.24. The Morgan fingerprint density at radius 1 is 1.08 bits per heavy atom. The molecule has 2 rings (SSSR count). The van der Waals surface area contributed by atoms with Crippen LogP contribution in [0.4, 0.5) is 0 Å². The Bertz CT molecular complexity index is 743. The van der Waals surface area contributed by atoms with Crippen molar-refractivity contribution < 1.29 is 12.8 Å². The summed E-state index contributed by atoms with van der Waals surface area (Å²) in [5, 5.41) is 0. The Morgan fingerprint density at radius 3 is 2.31 bits per heavy atom. The Hall–Kier alpha value is -1.17. The first-order chi connectivity index (χ1) is 12.4. The molecule has 8 nitrogen and oxygen atoms in total. The third kappa shape index (κ3) is 7.22. The maximum atomic E-state index is 11.6. The van der Waals surface area contributed by atoms with Crippen LogP contribution in [0.1, 0.15) is 11.5 Å². The Kier molecular flexibility index (Phi) is 8.32. The molecule has 0 unspecified atom stereocenters. The number of rotatable bonds is 10. The van der Waals surface area contributed by atoms with Crippen LogP contribution < -0.4 is 9.44 Å². The standard InChI is InChI=1S/C15H25N5O3S3/c1-20(2)10-12-4-5-13(23-12)11-25-9-7-17-15-14(16-6-8-24-3)18-26(21,22)19-15/h4-5H,6-11H2,1-3H3,(H,16,18)(H,17,19). The van der Waals surface area contributed by atoms with Crippen LogP contribution in [-0.4, -0.2) is 69.9 Å². The number of nitrogens with zero attached hydrogens (tertiary/aromatic N) is 3. The largest absolute Gasteiger partial charge is 0.464 e. The third-order valence-corrected chi connectivity index (χ3v) is 5.67. The molecule has 0 spiro atoms. The number of furan rings is 1. The lowest BCUT2D eigenvalue weighted by Gasteiger charge is -2.05. The van der Waals surface area contributed by atoms with Crippen LogP contribution in [0.15, 0.2) is 26.5 Å². The van der Waals surface area contributed by atoms with Gasteiger partial charge in [0.15, 0.2) is 11.7 Å². The van der Waals surface area contributed by atoms with Gasteiger partial charge < -0.3 is 9.32 Å². The summed E-state index contributed by atoms with van der Waals surface area (Å²) < 4.78 is 33.8. The van der Waals surface area contributed by atoms with Gasteiger partial charge in [0.2, 0.25) is 0 Å². The number of amidine groups is 2. The molecule has 0 radical (unpaired) electrons. The molecule has 2 heterocycles. The lowest BCUT2D eigenvalue weighted by atomic mass is 10.4. The van der Waals surface area contributed by atoms with Crippen LogP contribution in [0.25, 0.3) is 0 Å². The Labute approximate surface area is 163 Å². The second-order valence-corrected chi connectivity index (χ2v) is 9.33. The molecular formula is C15H25N5O3S3. The van der Waals surface area contributed by atoms with E-state index in [4.69, 9.17) is 4.42 Å². The van der Waals surface area contributed by atoms with E-state index in [0.29, 0.717) is 18.9 Å². The van der Waals surface area contributed by atoms with E-state index in [9.17, 15) is 8.42 Å². The number of aliphatic imine (C=N–C) groups is 2. The fourth-order valence-corrected chi connectivity index (χ4v) is 4.01. The van der Waals surface area contributed by atoms with Crippen molar-refractivity contribution in [3.63, 3.8) is 0 Å². The summed E-state index contributed by atoms with van der Waals surface area (Å²) in [6.07, 6.45) is 1.98.